The van der Waals surface area contributed by atoms with E-state index in [2.05, 4.69) is 34.3 Å². The lowest BCUT2D eigenvalue weighted by Crippen LogP contribution is -2.30. The van der Waals surface area contributed by atoms with E-state index in [1.807, 2.05) is 16.9 Å². The van der Waals surface area contributed by atoms with Gasteiger partial charge in [0, 0.05) is 25.0 Å². The third kappa shape index (κ3) is 3.40. The molecule has 0 amide bonds. The Morgan fingerprint density at radius 1 is 1.30 bits per heavy atom. The highest BCUT2D eigenvalue weighted by atomic mass is 15.3. The second-order valence-corrected chi connectivity index (χ2v) is 4.81. The number of nitrogens with zero attached hydrogens (tertiary/aromatic N) is 4. The predicted molar refractivity (Wildman–Crippen MR) is 77.6 cm³/mol. The number of hydrazine groups is 1. The van der Waals surface area contributed by atoms with Crippen molar-refractivity contribution in [3.05, 3.63) is 42.2 Å². The van der Waals surface area contributed by atoms with Gasteiger partial charge in [-0.1, -0.05) is 13.8 Å². The lowest BCUT2D eigenvalue weighted by molar-refractivity contribution is 0.422. The van der Waals surface area contributed by atoms with E-state index in [4.69, 9.17) is 5.84 Å². The molecule has 2 aromatic rings. The quantitative estimate of drug-likeness (QED) is 0.594. The SMILES string of the molecule is CCC(CC)n1ccc(CC(NN)c2cnccn2)n1. The van der Waals surface area contributed by atoms with Crippen LogP contribution in [0.3, 0.4) is 0 Å². The van der Waals surface area contributed by atoms with Gasteiger partial charge in [-0.05, 0) is 18.9 Å². The van der Waals surface area contributed by atoms with E-state index in [0.717, 1.165) is 24.2 Å². The average Bonchev–Trinajstić information content (AvgIpc) is 2.95. The van der Waals surface area contributed by atoms with Crippen molar-refractivity contribution in [2.75, 3.05) is 0 Å². The summed E-state index contributed by atoms with van der Waals surface area (Å²) in [6, 6.07) is 2.43. The molecule has 0 saturated heterocycles. The zero-order valence-electron chi connectivity index (χ0n) is 12.0. The van der Waals surface area contributed by atoms with Crippen LogP contribution in [0.5, 0.6) is 0 Å². The van der Waals surface area contributed by atoms with E-state index < -0.39 is 0 Å². The molecular formula is C14H22N6. The zero-order chi connectivity index (χ0) is 14.4. The smallest absolute Gasteiger partial charge is 0.0773 e. The molecule has 0 aliphatic heterocycles. The van der Waals surface area contributed by atoms with Gasteiger partial charge < -0.3 is 0 Å². The van der Waals surface area contributed by atoms with Crippen LogP contribution in [0, 0.1) is 0 Å². The van der Waals surface area contributed by atoms with Gasteiger partial charge >= 0.3 is 0 Å². The van der Waals surface area contributed by atoms with Crippen molar-refractivity contribution >= 4 is 0 Å². The molecule has 1 atom stereocenters. The number of nitrogens with two attached hydrogens (primary N) is 1. The summed E-state index contributed by atoms with van der Waals surface area (Å²) in [6.45, 7) is 4.36. The molecule has 2 aromatic heterocycles. The lowest BCUT2D eigenvalue weighted by atomic mass is 10.1. The minimum absolute atomic E-state index is 0.0752. The maximum Gasteiger partial charge on any atom is 0.0773 e. The maximum atomic E-state index is 5.62. The van der Waals surface area contributed by atoms with Gasteiger partial charge in [0.25, 0.3) is 0 Å². The minimum Gasteiger partial charge on any atom is -0.271 e. The molecule has 108 valence electrons. The highest BCUT2D eigenvalue weighted by molar-refractivity contribution is 5.09. The normalized spacial score (nSPS) is 12.8. The van der Waals surface area contributed by atoms with E-state index in [0.29, 0.717) is 12.5 Å². The molecule has 0 aromatic carbocycles. The fourth-order valence-corrected chi connectivity index (χ4v) is 2.30. The fraction of sp³-hybridized carbons (Fsp3) is 0.500. The van der Waals surface area contributed by atoms with Crippen LogP contribution in [0.25, 0.3) is 0 Å². The highest BCUT2D eigenvalue weighted by Crippen LogP contribution is 2.17. The Morgan fingerprint density at radius 2 is 2.10 bits per heavy atom. The van der Waals surface area contributed by atoms with Gasteiger partial charge in [-0.15, -0.1) is 0 Å². The molecule has 0 fully saturated rings. The Labute approximate surface area is 119 Å². The van der Waals surface area contributed by atoms with Crippen molar-refractivity contribution in [1.29, 1.82) is 0 Å². The number of hydrogen-bond donors (Lipinski definition) is 2. The summed E-state index contributed by atoms with van der Waals surface area (Å²) in [5.41, 5.74) is 4.61. The van der Waals surface area contributed by atoms with Gasteiger partial charge in [0.15, 0.2) is 0 Å². The van der Waals surface area contributed by atoms with Gasteiger partial charge in [-0.2, -0.15) is 5.10 Å². The monoisotopic (exact) mass is 274 g/mol. The van der Waals surface area contributed by atoms with Crippen LogP contribution in [0.4, 0.5) is 0 Å². The van der Waals surface area contributed by atoms with Crippen LogP contribution < -0.4 is 11.3 Å². The van der Waals surface area contributed by atoms with Crippen molar-refractivity contribution < 1.29 is 0 Å². The summed E-state index contributed by atoms with van der Waals surface area (Å²) in [4.78, 5) is 8.35. The van der Waals surface area contributed by atoms with Crippen molar-refractivity contribution in [3.63, 3.8) is 0 Å². The van der Waals surface area contributed by atoms with Crippen LogP contribution in [-0.2, 0) is 6.42 Å². The zero-order valence-corrected chi connectivity index (χ0v) is 12.0. The van der Waals surface area contributed by atoms with Crippen LogP contribution in [0.15, 0.2) is 30.9 Å². The second-order valence-electron chi connectivity index (χ2n) is 4.81. The summed E-state index contributed by atoms with van der Waals surface area (Å²) in [5.74, 6) is 5.62. The van der Waals surface area contributed by atoms with Crippen LogP contribution in [0.1, 0.15) is 50.2 Å². The first-order valence-electron chi connectivity index (χ1n) is 7.04. The van der Waals surface area contributed by atoms with E-state index in [-0.39, 0.29) is 6.04 Å². The number of aromatic nitrogens is 4. The average molecular weight is 274 g/mol. The predicted octanol–water partition coefficient (Wildman–Crippen LogP) is 1.78. The summed E-state index contributed by atoms with van der Waals surface area (Å²) in [5, 5.41) is 4.64. The van der Waals surface area contributed by atoms with Gasteiger partial charge in [0.05, 0.1) is 29.7 Å². The second kappa shape index (κ2) is 7.12. The summed E-state index contributed by atoms with van der Waals surface area (Å²) < 4.78 is 2.04. The number of hydrogen-bond acceptors (Lipinski definition) is 5. The topological polar surface area (TPSA) is 81.7 Å². The highest BCUT2D eigenvalue weighted by Gasteiger charge is 2.15. The summed E-state index contributed by atoms with van der Waals surface area (Å²) in [7, 11) is 0. The van der Waals surface area contributed by atoms with Crippen molar-refractivity contribution in [2.45, 2.75) is 45.2 Å². The molecule has 2 heterocycles. The maximum absolute atomic E-state index is 5.62. The molecule has 2 rings (SSSR count). The van der Waals surface area contributed by atoms with E-state index in [1.54, 1.807) is 18.6 Å². The van der Waals surface area contributed by atoms with Crippen LogP contribution in [-0.4, -0.2) is 19.7 Å². The van der Waals surface area contributed by atoms with Gasteiger partial charge in [0.2, 0.25) is 0 Å². The molecule has 0 saturated carbocycles. The first kappa shape index (κ1) is 14.6. The molecule has 6 nitrogen and oxygen atoms in total. The Morgan fingerprint density at radius 3 is 2.70 bits per heavy atom. The van der Waals surface area contributed by atoms with E-state index in [9.17, 15) is 0 Å². The third-order valence-electron chi connectivity index (χ3n) is 3.53. The third-order valence-corrected chi connectivity index (χ3v) is 3.53. The molecule has 1 unspecified atom stereocenters. The molecule has 6 heteroatoms. The van der Waals surface area contributed by atoms with Gasteiger partial charge in [0.1, 0.15) is 0 Å². The van der Waals surface area contributed by atoms with Crippen molar-refractivity contribution in [3.8, 4) is 0 Å². The molecule has 0 spiro atoms. The lowest BCUT2D eigenvalue weighted by Gasteiger charge is -2.14. The number of nitrogens with one attached hydrogen (secondary N) is 1. The molecular weight excluding hydrogens is 252 g/mol. The molecule has 0 aliphatic rings. The molecule has 0 aliphatic carbocycles. The fourth-order valence-electron chi connectivity index (χ4n) is 2.30. The van der Waals surface area contributed by atoms with E-state index >= 15 is 0 Å². The molecule has 3 N–H and O–H groups in total. The van der Waals surface area contributed by atoms with Crippen LogP contribution in [0.2, 0.25) is 0 Å². The Balaban J connectivity index is 2.09. The standard InChI is InChI=1S/C14H22N6/c1-3-12(4-2)20-8-5-11(19-20)9-13(18-15)14-10-16-6-7-17-14/h5-8,10,12-13,18H,3-4,9,15H2,1-2H3. The largest absolute Gasteiger partial charge is 0.271 e. The first-order valence-corrected chi connectivity index (χ1v) is 7.04. The van der Waals surface area contributed by atoms with Crippen molar-refractivity contribution in [1.82, 2.24) is 25.2 Å². The summed E-state index contributed by atoms with van der Waals surface area (Å²) in [6.07, 6.45) is 9.95. The number of rotatable bonds is 7. The summed E-state index contributed by atoms with van der Waals surface area (Å²) >= 11 is 0. The Hall–Kier alpha value is -1.79. The Bertz CT molecular complexity index is 505. The minimum atomic E-state index is -0.0752. The van der Waals surface area contributed by atoms with Crippen LogP contribution >= 0.6 is 0 Å². The molecule has 20 heavy (non-hydrogen) atoms. The van der Waals surface area contributed by atoms with Gasteiger partial charge in [-0.3, -0.25) is 25.9 Å². The van der Waals surface area contributed by atoms with Crippen molar-refractivity contribution in [2.24, 2.45) is 5.84 Å². The molecule has 0 bridgehead atoms. The Kier molecular flexibility index (Phi) is 5.20. The molecule has 0 radical (unpaired) electrons. The first-order chi connectivity index (χ1) is 9.78. The van der Waals surface area contributed by atoms with E-state index in [1.165, 1.54) is 0 Å². The van der Waals surface area contributed by atoms with Gasteiger partial charge in [-0.25, -0.2) is 0 Å².